The minimum Gasteiger partial charge on any atom is -0.497 e. The number of amidine groups is 1. The molecule has 0 saturated carbocycles. The van der Waals surface area contributed by atoms with Crippen LogP contribution in [0.5, 0.6) is 5.75 Å². The number of ether oxygens (including phenoxy) is 1. The monoisotopic (exact) mass is 469 g/mol. The Hall–Kier alpha value is -3.35. The van der Waals surface area contributed by atoms with Gasteiger partial charge in [0.05, 0.1) is 25.3 Å². The third-order valence-corrected chi connectivity index (χ3v) is 6.98. The molecule has 34 heavy (non-hydrogen) atoms. The summed E-state index contributed by atoms with van der Waals surface area (Å²) in [6, 6.07) is 22.8. The fourth-order valence-corrected chi connectivity index (χ4v) is 5.23. The molecule has 0 radical (unpaired) electrons. The molecular formula is C28H27N3O2S. The number of fused-ring (bicyclic) bond motifs is 1. The number of benzene rings is 3. The van der Waals surface area contributed by atoms with Crippen LogP contribution in [0.3, 0.4) is 0 Å². The summed E-state index contributed by atoms with van der Waals surface area (Å²) in [7, 11) is 1.68. The van der Waals surface area contributed by atoms with Crippen molar-refractivity contribution in [2.24, 2.45) is 4.99 Å². The molecule has 2 heterocycles. The Morgan fingerprint density at radius 3 is 2.79 bits per heavy atom. The Morgan fingerprint density at radius 2 is 1.94 bits per heavy atom. The van der Waals surface area contributed by atoms with Crippen molar-refractivity contribution in [1.82, 2.24) is 10.5 Å². The van der Waals surface area contributed by atoms with Crippen molar-refractivity contribution < 1.29 is 9.57 Å². The maximum Gasteiger partial charge on any atom is 0.154 e. The van der Waals surface area contributed by atoms with E-state index < -0.39 is 0 Å². The number of pyridine rings is 1. The molecule has 0 saturated heterocycles. The number of aromatic nitrogens is 1. The average molecular weight is 470 g/mol. The number of hydrogen-bond donors (Lipinski definition) is 1. The van der Waals surface area contributed by atoms with Gasteiger partial charge in [-0.3, -0.25) is 14.8 Å². The molecule has 1 aromatic heterocycles. The van der Waals surface area contributed by atoms with Crippen molar-refractivity contribution in [3.05, 3.63) is 95.2 Å². The Bertz CT molecular complexity index is 1370. The highest BCUT2D eigenvalue weighted by Crippen LogP contribution is 2.35. The van der Waals surface area contributed by atoms with E-state index in [-0.39, 0.29) is 6.04 Å². The molecule has 5 rings (SSSR count). The third kappa shape index (κ3) is 4.79. The van der Waals surface area contributed by atoms with Crippen LogP contribution in [-0.2, 0) is 11.3 Å². The largest absolute Gasteiger partial charge is 0.497 e. The third-order valence-electron chi connectivity index (χ3n) is 5.96. The maximum atomic E-state index is 5.85. The van der Waals surface area contributed by atoms with Gasteiger partial charge >= 0.3 is 0 Å². The smallest absolute Gasteiger partial charge is 0.154 e. The number of nitrogens with zero attached hydrogens (tertiary/aromatic N) is 2. The van der Waals surface area contributed by atoms with Gasteiger partial charge in [-0.15, -0.1) is 0 Å². The minimum absolute atomic E-state index is 0.0271. The molecule has 5 nitrogen and oxygen atoms in total. The molecule has 1 atom stereocenters. The van der Waals surface area contributed by atoms with Gasteiger partial charge in [-0.1, -0.05) is 59.8 Å². The van der Waals surface area contributed by atoms with Crippen LogP contribution in [0, 0.1) is 13.8 Å². The molecule has 4 aromatic rings. The van der Waals surface area contributed by atoms with Gasteiger partial charge in [-0.2, -0.15) is 0 Å². The summed E-state index contributed by atoms with van der Waals surface area (Å²) in [4.78, 5) is 17.7. The van der Waals surface area contributed by atoms with Crippen LogP contribution in [0.25, 0.3) is 10.9 Å². The Labute approximate surface area is 204 Å². The predicted octanol–water partition coefficient (Wildman–Crippen LogP) is 5.90. The van der Waals surface area contributed by atoms with Gasteiger partial charge in [-0.05, 0) is 55.7 Å². The molecule has 1 aliphatic heterocycles. The normalized spacial score (nSPS) is 15.6. The van der Waals surface area contributed by atoms with Crippen LogP contribution in [-0.4, -0.2) is 30.6 Å². The first-order valence-corrected chi connectivity index (χ1v) is 12.1. The molecule has 0 amide bonds. The number of hydrogen-bond acceptors (Lipinski definition) is 6. The van der Waals surface area contributed by atoms with Crippen molar-refractivity contribution in [2.45, 2.75) is 36.1 Å². The first-order chi connectivity index (χ1) is 16.6. The fourth-order valence-electron chi connectivity index (χ4n) is 4.24. The topological polar surface area (TPSA) is 55.7 Å². The van der Waals surface area contributed by atoms with Crippen molar-refractivity contribution in [3.8, 4) is 5.75 Å². The van der Waals surface area contributed by atoms with Crippen LogP contribution in [0.1, 0.15) is 22.3 Å². The molecule has 1 aliphatic rings. The van der Waals surface area contributed by atoms with E-state index in [9.17, 15) is 0 Å². The van der Waals surface area contributed by atoms with Crippen LogP contribution >= 0.6 is 11.8 Å². The lowest BCUT2D eigenvalue weighted by Gasteiger charge is -2.24. The highest BCUT2D eigenvalue weighted by Gasteiger charge is 2.22. The molecule has 0 unspecified atom stereocenters. The maximum absolute atomic E-state index is 5.85. The summed E-state index contributed by atoms with van der Waals surface area (Å²) >= 11 is 1.64. The standard InChI is InChI=1S/C28H27N3O2S/c1-18-11-12-20(19(2)13-18)14-21-17-33-31-28(30-21)27-24-9-4-5-10-25(24)29-16-26(27)34-23-8-6-7-22(15-23)32-3/h4-13,15-16,21H,14,17H2,1-3H3,(H,30,31)/t21-/m0/s1. The van der Waals surface area contributed by atoms with E-state index in [0.29, 0.717) is 6.61 Å². The predicted molar refractivity (Wildman–Crippen MR) is 138 cm³/mol. The van der Waals surface area contributed by atoms with E-state index >= 15 is 0 Å². The van der Waals surface area contributed by atoms with E-state index in [0.717, 1.165) is 44.3 Å². The summed E-state index contributed by atoms with van der Waals surface area (Å²) in [5, 5.41) is 1.04. The Kier molecular flexibility index (Phi) is 6.52. The van der Waals surface area contributed by atoms with Gasteiger partial charge in [0, 0.05) is 26.9 Å². The Balaban J connectivity index is 1.54. The van der Waals surface area contributed by atoms with Gasteiger partial charge in [0.2, 0.25) is 0 Å². The number of hydroxylamine groups is 1. The summed E-state index contributed by atoms with van der Waals surface area (Å²) in [6.07, 6.45) is 2.75. The van der Waals surface area contributed by atoms with Crippen LogP contribution in [0.2, 0.25) is 0 Å². The highest BCUT2D eigenvalue weighted by atomic mass is 32.2. The van der Waals surface area contributed by atoms with Gasteiger partial charge in [-0.25, -0.2) is 5.48 Å². The molecule has 0 aliphatic carbocycles. The molecule has 1 N–H and O–H groups in total. The first-order valence-electron chi connectivity index (χ1n) is 11.3. The number of aliphatic imine (C=N–C) groups is 1. The van der Waals surface area contributed by atoms with Crippen molar-refractivity contribution in [1.29, 1.82) is 0 Å². The van der Waals surface area contributed by atoms with Gasteiger partial charge < -0.3 is 4.74 Å². The van der Waals surface area contributed by atoms with Crippen LogP contribution in [0.15, 0.2) is 87.7 Å². The second kappa shape index (κ2) is 9.87. The molecule has 0 bridgehead atoms. The van der Waals surface area contributed by atoms with Gasteiger partial charge in [0.15, 0.2) is 5.84 Å². The summed E-state index contributed by atoms with van der Waals surface area (Å²) in [5.41, 5.74) is 8.89. The molecule has 0 fully saturated rings. The SMILES string of the molecule is COc1cccc(Sc2cnc3ccccc3c2C2=N[C@@H](Cc3ccc(C)cc3C)CON2)c1. The quantitative estimate of drug-likeness (QED) is 0.381. The van der Waals surface area contributed by atoms with E-state index in [1.54, 1.807) is 18.9 Å². The highest BCUT2D eigenvalue weighted by molar-refractivity contribution is 7.99. The summed E-state index contributed by atoms with van der Waals surface area (Å²) in [6.45, 7) is 4.81. The number of rotatable bonds is 6. The molecule has 172 valence electrons. The fraction of sp³-hybridized carbons (Fsp3) is 0.214. The van der Waals surface area contributed by atoms with Crippen LogP contribution < -0.4 is 10.2 Å². The number of methoxy groups -OCH3 is 1. The van der Waals surface area contributed by atoms with E-state index in [2.05, 4.69) is 49.7 Å². The molecular weight excluding hydrogens is 442 g/mol. The second-order valence-corrected chi connectivity index (χ2v) is 9.59. The number of para-hydroxylation sites is 1. The van der Waals surface area contributed by atoms with Crippen LogP contribution in [0.4, 0.5) is 0 Å². The zero-order valence-corrected chi connectivity index (χ0v) is 20.4. The molecule has 3 aromatic carbocycles. The van der Waals surface area contributed by atoms with E-state index in [1.165, 1.54) is 16.7 Å². The van der Waals surface area contributed by atoms with Crippen molar-refractivity contribution >= 4 is 28.5 Å². The second-order valence-electron chi connectivity index (χ2n) is 8.47. The Morgan fingerprint density at radius 1 is 1.06 bits per heavy atom. The number of nitrogens with one attached hydrogen (secondary N) is 1. The lowest BCUT2D eigenvalue weighted by atomic mass is 9.99. The molecule has 0 spiro atoms. The summed E-state index contributed by atoms with van der Waals surface area (Å²) in [5.74, 6) is 1.57. The van der Waals surface area contributed by atoms with E-state index in [4.69, 9.17) is 19.6 Å². The summed E-state index contributed by atoms with van der Waals surface area (Å²) < 4.78 is 5.41. The molecule has 6 heteroatoms. The zero-order chi connectivity index (χ0) is 23.5. The first kappa shape index (κ1) is 22.4. The number of aryl methyl sites for hydroxylation is 2. The minimum atomic E-state index is 0.0271. The zero-order valence-electron chi connectivity index (χ0n) is 19.5. The van der Waals surface area contributed by atoms with Crippen molar-refractivity contribution in [2.75, 3.05) is 13.7 Å². The lowest BCUT2D eigenvalue weighted by Crippen LogP contribution is -2.37. The van der Waals surface area contributed by atoms with Gasteiger partial charge in [0.25, 0.3) is 0 Å². The van der Waals surface area contributed by atoms with Gasteiger partial charge in [0.1, 0.15) is 5.75 Å². The lowest BCUT2D eigenvalue weighted by molar-refractivity contribution is 0.0623. The average Bonchev–Trinajstić information content (AvgIpc) is 2.86. The van der Waals surface area contributed by atoms with Crippen molar-refractivity contribution in [3.63, 3.8) is 0 Å². The van der Waals surface area contributed by atoms with E-state index in [1.807, 2.05) is 42.6 Å².